The number of allylic oxidation sites excluding steroid dienone is 1. The second-order valence-corrected chi connectivity index (χ2v) is 4.82. The molecule has 0 aromatic carbocycles. The molecule has 0 rings (SSSR count). The molecule has 0 radical (unpaired) electrons. The lowest BCUT2D eigenvalue weighted by molar-refractivity contribution is -0.137. The summed E-state index contributed by atoms with van der Waals surface area (Å²) in [4.78, 5) is 11.5. The van der Waals surface area contributed by atoms with Gasteiger partial charge in [0.05, 0.1) is 6.61 Å². The van der Waals surface area contributed by atoms with Gasteiger partial charge in [0.1, 0.15) is 0 Å². The number of hydrogen-bond acceptors (Lipinski definition) is 2. The molecule has 0 heterocycles. The molecule has 2 nitrogen and oxygen atoms in total. The van der Waals surface area contributed by atoms with Gasteiger partial charge < -0.3 is 4.74 Å². The summed E-state index contributed by atoms with van der Waals surface area (Å²) in [6, 6.07) is 0. The Labute approximate surface area is 113 Å². The molecule has 106 valence electrons. The van der Waals surface area contributed by atoms with Crippen LogP contribution in [0.3, 0.4) is 0 Å². The van der Waals surface area contributed by atoms with E-state index in [1.54, 1.807) is 6.08 Å². The zero-order chi connectivity index (χ0) is 13.6. The second-order valence-electron chi connectivity index (χ2n) is 4.82. The predicted molar refractivity (Wildman–Crippen MR) is 77.6 cm³/mol. The van der Waals surface area contributed by atoms with Crippen molar-refractivity contribution >= 4 is 5.97 Å². The topological polar surface area (TPSA) is 26.3 Å². The van der Waals surface area contributed by atoms with Gasteiger partial charge in [0, 0.05) is 6.08 Å². The number of esters is 1. The molecule has 18 heavy (non-hydrogen) atoms. The number of carbonyl (C=O) groups is 1. The van der Waals surface area contributed by atoms with Crippen molar-refractivity contribution in [2.75, 3.05) is 6.61 Å². The van der Waals surface area contributed by atoms with Gasteiger partial charge in [-0.15, -0.1) is 0 Å². The number of ether oxygens (including phenoxy) is 1. The van der Waals surface area contributed by atoms with Gasteiger partial charge in [-0.1, -0.05) is 51.5 Å². The second kappa shape index (κ2) is 12.7. The Morgan fingerprint density at radius 2 is 1.44 bits per heavy atom. The lowest BCUT2D eigenvalue weighted by Crippen LogP contribution is -2.01. The molecule has 0 unspecified atom stereocenters. The van der Waals surface area contributed by atoms with E-state index >= 15 is 0 Å². The first-order valence-corrected chi connectivity index (χ1v) is 7.60. The molecule has 0 aromatic rings. The van der Waals surface area contributed by atoms with E-state index in [0.29, 0.717) is 6.61 Å². The van der Waals surface area contributed by atoms with Gasteiger partial charge in [0.2, 0.25) is 0 Å². The van der Waals surface area contributed by atoms with Crippen LogP contribution in [0.25, 0.3) is 0 Å². The molecule has 0 amide bonds. The summed E-state index contributed by atoms with van der Waals surface area (Å²) in [5, 5.41) is 0. The summed E-state index contributed by atoms with van der Waals surface area (Å²) in [5.74, 6) is -0.167. The van der Waals surface area contributed by atoms with Gasteiger partial charge in [-0.25, -0.2) is 4.79 Å². The van der Waals surface area contributed by atoms with Crippen molar-refractivity contribution in [3.8, 4) is 0 Å². The van der Waals surface area contributed by atoms with Crippen molar-refractivity contribution in [3.05, 3.63) is 11.6 Å². The number of rotatable bonds is 11. The highest BCUT2D eigenvalue weighted by atomic mass is 16.5. The smallest absolute Gasteiger partial charge is 0.330 e. The fourth-order valence-electron chi connectivity index (χ4n) is 2.00. The van der Waals surface area contributed by atoms with Gasteiger partial charge in [0.25, 0.3) is 0 Å². The van der Waals surface area contributed by atoms with Crippen LogP contribution < -0.4 is 0 Å². The minimum atomic E-state index is -0.167. The fourth-order valence-corrected chi connectivity index (χ4v) is 2.00. The Kier molecular flexibility index (Phi) is 12.1. The highest BCUT2D eigenvalue weighted by Crippen LogP contribution is 2.17. The Bertz CT molecular complexity index is 231. The van der Waals surface area contributed by atoms with Crippen LogP contribution in [-0.4, -0.2) is 12.6 Å². The third-order valence-electron chi connectivity index (χ3n) is 3.06. The molecule has 0 aliphatic rings. The molecule has 0 aromatic heterocycles. The summed E-state index contributed by atoms with van der Waals surface area (Å²) in [5.41, 5.74) is 1.28. The molecule has 0 saturated heterocycles. The summed E-state index contributed by atoms with van der Waals surface area (Å²) < 4.78 is 4.99. The maximum Gasteiger partial charge on any atom is 0.330 e. The van der Waals surface area contributed by atoms with Crippen LogP contribution in [0, 0.1) is 0 Å². The van der Waals surface area contributed by atoms with Crippen LogP contribution in [0.2, 0.25) is 0 Å². The van der Waals surface area contributed by atoms with E-state index in [1.807, 2.05) is 6.92 Å². The molecule has 0 bridgehead atoms. The highest BCUT2D eigenvalue weighted by molar-refractivity contribution is 5.82. The molecule has 0 N–H and O–H groups in total. The predicted octanol–water partition coefficient (Wildman–Crippen LogP) is 5.03. The lowest BCUT2D eigenvalue weighted by Gasteiger charge is -2.07. The van der Waals surface area contributed by atoms with Crippen LogP contribution in [-0.2, 0) is 9.53 Å². The van der Waals surface area contributed by atoms with Crippen molar-refractivity contribution in [2.45, 2.75) is 78.6 Å². The quantitative estimate of drug-likeness (QED) is 0.294. The van der Waals surface area contributed by atoms with Crippen molar-refractivity contribution in [3.63, 3.8) is 0 Å². The number of unbranched alkanes of at least 4 members (excludes halogenated alkanes) is 5. The molecular weight excluding hydrogens is 224 g/mol. The summed E-state index contributed by atoms with van der Waals surface area (Å²) in [7, 11) is 0. The van der Waals surface area contributed by atoms with Crippen molar-refractivity contribution < 1.29 is 9.53 Å². The van der Waals surface area contributed by atoms with E-state index in [2.05, 4.69) is 13.8 Å². The Hall–Kier alpha value is -0.790. The van der Waals surface area contributed by atoms with Crippen LogP contribution >= 0.6 is 0 Å². The van der Waals surface area contributed by atoms with E-state index in [-0.39, 0.29) is 5.97 Å². The van der Waals surface area contributed by atoms with Crippen molar-refractivity contribution in [1.82, 2.24) is 0 Å². The summed E-state index contributed by atoms with van der Waals surface area (Å²) >= 11 is 0. The molecule has 0 aliphatic heterocycles. The average molecular weight is 254 g/mol. The maximum absolute atomic E-state index is 11.5. The summed E-state index contributed by atoms with van der Waals surface area (Å²) in [6.07, 6.45) is 12.5. The molecule has 2 heteroatoms. The van der Waals surface area contributed by atoms with E-state index < -0.39 is 0 Å². The van der Waals surface area contributed by atoms with Gasteiger partial charge >= 0.3 is 5.97 Å². The molecule has 0 spiro atoms. The third kappa shape index (κ3) is 10.4. The van der Waals surface area contributed by atoms with Crippen LogP contribution in [0.5, 0.6) is 0 Å². The average Bonchev–Trinajstić information content (AvgIpc) is 2.35. The van der Waals surface area contributed by atoms with E-state index in [1.165, 1.54) is 50.5 Å². The Morgan fingerprint density at radius 1 is 0.889 bits per heavy atom. The van der Waals surface area contributed by atoms with Gasteiger partial charge in [-0.3, -0.25) is 0 Å². The highest BCUT2D eigenvalue weighted by Gasteiger charge is 2.03. The standard InChI is InChI=1S/C16H30O2/c1-4-7-9-11-13-15(12-10-8-5-2)14-16(17)18-6-3/h14H,4-13H2,1-3H3/b15-14+. The fraction of sp³-hybridized carbons (Fsp3) is 0.812. The monoisotopic (exact) mass is 254 g/mol. The Morgan fingerprint density at radius 3 is 2.00 bits per heavy atom. The third-order valence-corrected chi connectivity index (χ3v) is 3.06. The number of carbonyl (C=O) groups excluding carboxylic acids is 1. The molecule has 0 aliphatic carbocycles. The normalized spacial score (nSPS) is 11.6. The van der Waals surface area contributed by atoms with Crippen molar-refractivity contribution in [1.29, 1.82) is 0 Å². The van der Waals surface area contributed by atoms with Crippen LogP contribution in [0.1, 0.15) is 78.6 Å². The zero-order valence-corrected chi connectivity index (χ0v) is 12.5. The molecule has 0 atom stereocenters. The molecule has 0 saturated carbocycles. The van der Waals surface area contributed by atoms with E-state index in [4.69, 9.17) is 4.74 Å². The van der Waals surface area contributed by atoms with Crippen molar-refractivity contribution in [2.24, 2.45) is 0 Å². The van der Waals surface area contributed by atoms with E-state index in [0.717, 1.165) is 12.8 Å². The van der Waals surface area contributed by atoms with Crippen LogP contribution in [0.15, 0.2) is 11.6 Å². The minimum absolute atomic E-state index is 0.167. The largest absolute Gasteiger partial charge is 0.463 e. The Balaban J connectivity index is 4.09. The minimum Gasteiger partial charge on any atom is -0.463 e. The first-order valence-electron chi connectivity index (χ1n) is 7.60. The van der Waals surface area contributed by atoms with E-state index in [9.17, 15) is 4.79 Å². The maximum atomic E-state index is 11.5. The molecular formula is C16H30O2. The van der Waals surface area contributed by atoms with Gasteiger partial charge in [-0.05, 0) is 32.6 Å². The number of hydrogen-bond donors (Lipinski definition) is 0. The van der Waals surface area contributed by atoms with Crippen LogP contribution in [0.4, 0.5) is 0 Å². The van der Waals surface area contributed by atoms with Gasteiger partial charge in [0.15, 0.2) is 0 Å². The molecule has 0 fully saturated rings. The SMILES string of the molecule is CCCCCC/C(=C/C(=O)OCC)CCCCC. The summed E-state index contributed by atoms with van der Waals surface area (Å²) in [6.45, 7) is 6.74. The first-order chi connectivity index (χ1) is 8.74. The van der Waals surface area contributed by atoms with Gasteiger partial charge in [-0.2, -0.15) is 0 Å². The first kappa shape index (κ1) is 17.2. The zero-order valence-electron chi connectivity index (χ0n) is 12.5. The lowest BCUT2D eigenvalue weighted by atomic mass is 10.0.